The van der Waals surface area contributed by atoms with Gasteiger partial charge in [0.1, 0.15) is 0 Å². The summed E-state index contributed by atoms with van der Waals surface area (Å²) in [6.45, 7) is 0.307. The second-order valence-corrected chi connectivity index (χ2v) is 6.90. The lowest BCUT2D eigenvalue weighted by Gasteiger charge is -2.09. The monoisotopic (exact) mass is 374 g/mol. The summed E-state index contributed by atoms with van der Waals surface area (Å²) in [6, 6.07) is 12.6. The lowest BCUT2D eigenvalue weighted by molar-refractivity contribution is -0.137. The fourth-order valence-corrected chi connectivity index (χ4v) is 2.91. The fourth-order valence-electron chi connectivity index (χ4n) is 2.91. The third-order valence-corrected chi connectivity index (χ3v) is 4.65. The number of tetrazole rings is 1. The van der Waals surface area contributed by atoms with Crippen LogP contribution in [-0.4, -0.2) is 30.9 Å². The molecule has 1 aliphatic carbocycles. The lowest BCUT2D eigenvalue weighted by Crippen LogP contribution is -2.19. The molecule has 8 heteroatoms. The van der Waals surface area contributed by atoms with E-state index in [1.54, 1.807) is 0 Å². The van der Waals surface area contributed by atoms with Crippen LogP contribution in [0.5, 0.6) is 0 Å². The first kappa shape index (κ1) is 17.7. The molecule has 0 bridgehead atoms. The van der Waals surface area contributed by atoms with E-state index in [2.05, 4.69) is 15.4 Å². The molecule has 1 N–H and O–H groups in total. The van der Waals surface area contributed by atoms with Gasteiger partial charge in [-0.2, -0.15) is 18.0 Å². The van der Waals surface area contributed by atoms with Gasteiger partial charge >= 0.3 is 6.18 Å². The van der Waals surface area contributed by atoms with Gasteiger partial charge in [0, 0.05) is 5.56 Å². The van der Waals surface area contributed by atoms with Gasteiger partial charge in [0.05, 0.1) is 17.7 Å². The van der Waals surface area contributed by atoms with Crippen LogP contribution in [0.1, 0.15) is 29.5 Å². The van der Waals surface area contributed by atoms with Crippen molar-refractivity contribution < 1.29 is 18.3 Å². The zero-order valence-corrected chi connectivity index (χ0v) is 14.3. The number of rotatable bonds is 5. The summed E-state index contributed by atoms with van der Waals surface area (Å²) in [4.78, 5) is 1.39. The Morgan fingerprint density at radius 1 is 1.04 bits per heavy atom. The molecule has 0 atom stereocenters. The van der Waals surface area contributed by atoms with Crippen LogP contribution in [0.15, 0.2) is 48.5 Å². The normalized spacial score (nSPS) is 15.7. The Kier molecular flexibility index (Phi) is 4.22. The zero-order chi connectivity index (χ0) is 19.1. The first-order valence-electron chi connectivity index (χ1n) is 8.57. The predicted molar refractivity (Wildman–Crippen MR) is 91.7 cm³/mol. The molecule has 1 aromatic heterocycles. The van der Waals surface area contributed by atoms with Gasteiger partial charge in [-0.3, -0.25) is 0 Å². The summed E-state index contributed by atoms with van der Waals surface area (Å²) in [5.74, 6) is 0.432. The molecule has 2 aromatic carbocycles. The maximum atomic E-state index is 12.7. The SMILES string of the molecule is OC1(Cn2nnc(-c3ccccc3Cc3ccc(C(F)(F)F)cc3)n2)CC1. The Bertz CT molecular complexity index is 946. The van der Waals surface area contributed by atoms with Crippen molar-refractivity contribution in [2.45, 2.75) is 37.6 Å². The number of aromatic nitrogens is 4. The molecule has 1 aliphatic rings. The van der Waals surface area contributed by atoms with E-state index in [-0.39, 0.29) is 0 Å². The topological polar surface area (TPSA) is 63.8 Å². The summed E-state index contributed by atoms with van der Waals surface area (Å²) < 4.78 is 38.1. The van der Waals surface area contributed by atoms with Gasteiger partial charge in [-0.1, -0.05) is 36.4 Å². The molecule has 1 saturated carbocycles. The molecule has 0 saturated heterocycles. The second-order valence-electron chi connectivity index (χ2n) is 6.90. The highest BCUT2D eigenvalue weighted by molar-refractivity contribution is 5.60. The Labute approximate surface area is 153 Å². The van der Waals surface area contributed by atoms with Gasteiger partial charge in [0.2, 0.25) is 5.82 Å². The number of hydrogen-bond donors (Lipinski definition) is 1. The third kappa shape index (κ3) is 4.00. The fraction of sp³-hybridized carbons (Fsp3) is 0.316. The molecule has 1 heterocycles. The van der Waals surface area contributed by atoms with Gasteiger partial charge in [-0.05, 0) is 47.7 Å². The highest BCUT2D eigenvalue weighted by Crippen LogP contribution is 2.36. The standard InChI is InChI=1S/C19H17F3N4O/c20-19(21,22)15-7-5-13(6-8-15)11-14-3-1-2-4-16(14)17-23-25-26(24-17)12-18(27)9-10-18/h1-8,27H,9-12H2. The molecule has 27 heavy (non-hydrogen) atoms. The largest absolute Gasteiger partial charge is 0.416 e. The van der Waals surface area contributed by atoms with E-state index in [0.29, 0.717) is 18.8 Å². The number of nitrogens with zero attached hydrogens (tertiary/aromatic N) is 4. The first-order valence-corrected chi connectivity index (χ1v) is 8.57. The Morgan fingerprint density at radius 2 is 1.74 bits per heavy atom. The minimum absolute atomic E-state index is 0.307. The van der Waals surface area contributed by atoms with Gasteiger partial charge in [0.15, 0.2) is 0 Å². The molecule has 3 aromatic rings. The molecule has 0 spiro atoms. The van der Waals surface area contributed by atoms with E-state index in [9.17, 15) is 18.3 Å². The van der Waals surface area contributed by atoms with Crippen molar-refractivity contribution in [2.75, 3.05) is 0 Å². The zero-order valence-electron chi connectivity index (χ0n) is 14.3. The quantitative estimate of drug-likeness (QED) is 0.743. The molecular formula is C19H17F3N4O. The smallest absolute Gasteiger partial charge is 0.388 e. The van der Waals surface area contributed by atoms with E-state index < -0.39 is 17.3 Å². The van der Waals surface area contributed by atoms with Gasteiger partial charge in [-0.15, -0.1) is 10.2 Å². The van der Waals surface area contributed by atoms with E-state index in [0.717, 1.165) is 41.7 Å². The van der Waals surface area contributed by atoms with Gasteiger partial charge in [0.25, 0.3) is 0 Å². The van der Waals surface area contributed by atoms with E-state index in [1.807, 2.05) is 24.3 Å². The minimum Gasteiger partial charge on any atom is -0.388 e. The highest BCUT2D eigenvalue weighted by Gasteiger charge is 2.41. The van der Waals surface area contributed by atoms with Gasteiger partial charge < -0.3 is 5.11 Å². The highest BCUT2D eigenvalue weighted by atomic mass is 19.4. The van der Waals surface area contributed by atoms with Crippen molar-refractivity contribution >= 4 is 0 Å². The summed E-state index contributed by atoms with van der Waals surface area (Å²) in [7, 11) is 0. The Hall–Kier alpha value is -2.74. The van der Waals surface area contributed by atoms with Crippen molar-refractivity contribution in [1.29, 1.82) is 0 Å². The van der Waals surface area contributed by atoms with Crippen molar-refractivity contribution in [3.05, 3.63) is 65.2 Å². The minimum atomic E-state index is -4.34. The summed E-state index contributed by atoms with van der Waals surface area (Å²) in [6.07, 6.45) is -2.43. The van der Waals surface area contributed by atoms with Crippen molar-refractivity contribution in [3.63, 3.8) is 0 Å². The second kappa shape index (κ2) is 6.45. The maximum absolute atomic E-state index is 12.7. The molecule has 0 radical (unpaired) electrons. The molecule has 0 aliphatic heterocycles. The van der Waals surface area contributed by atoms with Crippen molar-refractivity contribution in [1.82, 2.24) is 20.2 Å². The van der Waals surface area contributed by atoms with Crippen LogP contribution < -0.4 is 0 Å². The number of halogens is 3. The third-order valence-electron chi connectivity index (χ3n) is 4.65. The predicted octanol–water partition coefficient (Wildman–Crippen LogP) is 3.47. The van der Waals surface area contributed by atoms with Crippen molar-refractivity contribution in [3.8, 4) is 11.4 Å². The average molecular weight is 374 g/mol. The van der Waals surface area contributed by atoms with Crippen molar-refractivity contribution in [2.24, 2.45) is 0 Å². The molecule has 1 fully saturated rings. The Balaban J connectivity index is 1.56. The molecule has 5 nitrogen and oxygen atoms in total. The first-order chi connectivity index (χ1) is 12.8. The van der Waals surface area contributed by atoms with Crippen LogP contribution in [0, 0.1) is 0 Å². The van der Waals surface area contributed by atoms with Crippen LogP contribution in [0.2, 0.25) is 0 Å². The van der Waals surface area contributed by atoms with Crippen LogP contribution >= 0.6 is 0 Å². The van der Waals surface area contributed by atoms with E-state index in [4.69, 9.17) is 0 Å². The van der Waals surface area contributed by atoms with Crippen LogP contribution in [-0.2, 0) is 19.1 Å². The number of benzene rings is 2. The summed E-state index contributed by atoms with van der Waals surface area (Å²) in [5, 5.41) is 22.4. The molecule has 4 rings (SSSR count). The van der Waals surface area contributed by atoms with E-state index >= 15 is 0 Å². The lowest BCUT2D eigenvalue weighted by atomic mass is 9.98. The number of hydrogen-bond acceptors (Lipinski definition) is 4. The average Bonchev–Trinajstić information content (AvgIpc) is 3.17. The van der Waals surface area contributed by atoms with Crippen LogP contribution in [0.25, 0.3) is 11.4 Å². The molecular weight excluding hydrogens is 357 g/mol. The number of aliphatic hydroxyl groups is 1. The van der Waals surface area contributed by atoms with Crippen LogP contribution in [0.3, 0.4) is 0 Å². The molecule has 140 valence electrons. The molecule has 0 amide bonds. The van der Waals surface area contributed by atoms with Crippen LogP contribution in [0.4, 0.5) is 13.2 Å². The Morgan fingerprint density at radius 3 is 2.41 bits per heavy atom. The molecule has 0 unspecified atom stereocenters. The van der Waals surface area contributed by atoms with E-state index in [1.165, 1.54) is 16.9 Å². The maximum Gasteiger partial charge on any atom is 0.416 e. The summed E-state index contributed by atoms with van der Waals surface area (Å²) in [5.41, 5.74) is 1.03. The van der Waals surface area contributed by atoms with Gasteiger partial charge in [-0.25, -0.2) is 0 Å². The number of alkyl halides is 3. The summed E-state index contributed by atoms with van der Waals surface area (Å²) >= 11 is 0.